The highest BCUT2D eigenvalue weighted by Gasteiger charge is 2.15. The number of hydrogen-bond acceptors (Lipinski definition) is 2. The minimum Gasteiger partial charge on any atom is -0.361 e. The summed E-state index contributed by atoms with van der Waals surface area (Å²) in [7, 11) is 2.07. The SMILES string of the molecule is CN1C=CN(c2ccccc2)C1.FC(F)C(F)F. The molecule has 0 saturated heterocycles. The van der Waals surface area contributed by atoms with Gasteiger partial charge in [0.25, 0.3) is 12.9 Å². The highest BCUT2D eigenvalue weighted by Crippen LogP contribution is 2.16. The number of benzene rings is 1. The Morgan fingerprint density at radius 3 is 1.89 bits per heavy atom. The van der Waals surface area contributed by atoms with Gasteiger partial charge >= 0.3 is 0 Å². The Hall–Kier alpha value is -1.72. The molecule has 0 N–H and O–H groups in total. The molecular formula is C12H14F4N2. The fourth-order valence-corrected chi connectivity index (χ4v) is 1.32. The fraction of sp³-hybridized carbons (Fsp3) is 0.333. The van der Waals surface area contributed by atoms with Crippen molar-refractivity contribution in [1.82, 2.24) is 4.90 Å². The quantitative estimate of drug-likeness (QED) is 0.754. The van der Waals surface area contributed by atoms with E-state index >= 15 is 0 Å². The van der Waals surface area contributed by atoms with Crippen molar-refractivity contribution in [3.05, 3.63) is 42.7 Å². The maximum Gasteiger partial charge on any atom is 0.298 e. The molecule has 0 amide bonds. The molecule has 0 aromatic heterocycles. The van der Waals surface area contributed by atoms with Crippen LogP contribution in [0.5, 0.6) is 0 Å². The Morgan fingerprint density at radius 1 is 0.944 bits per heavy atom. The van der Waals surface area contributed by atoms with Crippen LogP contribution in [0.4, 0.5) is 23.2 Å². The molecule has 0 fully saturated rings. The molecule has 1 aromatic carbocycles. The van der Waals surface area contributed by atoms with Crippen molar-refractivity contribution in [2.24, 2.45) is 0 Å². The standard InChI is InChI=1S/C10H12N2.C2H2F4/c1-11-7-8-12(9-11)10-5-3-2-4-6-10;3-1(4)2(5)6/h2-8H,9H2,1H3;1-2H. The Morgan fingerprint density at radius 2 is 1.50 bits per heavy atom. The molecule has 2 rings (SSSR count). The number of hydrogen-bond donors (Lipinski definition) is 0. The van der Waals surface area contributed by atoms with E-state index in [9.17, 15) is 17.6 Å². The summed E-state index contributed by atoms with van der Waals surface area (Å²) in [4.78, 5) is 4.35. The molecule has 1 heterocycles. The Kier molecular flexibility index (Phi) is 5.48. The van der Waals surface area contributed by atoms with E-state index in [2.05, 4.69) is 53.5 Å². The first-order valence-corrected chi connectivity index (χ1v) is 5.27. The van der Waals surface area contributed by atoms with Crippen LogP contribution < -0.4 is 4.90 Å². The Bertz CT molecular complexity index is 362. The van der Waals surface area contributed by atoms with Crippen LogP contribution in [0.25, 0.3) is 0 Å². The summed E-state index contributed by atoms with van der Waals surface area (Å²) >= 11 is 0. The molecule has 18 heavy (non-hydrogen) atoms. The van der Waals surface area contributed by atoms with Crippen molar-refractivity contribution < 1.29 is 17.6 Å². The molecule has 0 atom stereocenters. The lowest BCUT2D eigenvalue weighted by Gasteiger charge is -2.17. The van der Waals surface area contributed by atoms with Gasteiger partial charge in [0.15, 0.2) is 0 Å². The van der Waals surface area contributed by atoms with Crippen LogP contribution in [-0.2, 0) is 0 Å². The molecule has 0 aliphatic carbocycles. The smallest absolute Gasteiger partial charge is 0.298 e. The maximum atomic E-state index is 10.4. The second-order valence-electron chi connectivity index (χ2n) is 3.67. The maximum absolute atomic E-state index is 10.4. The number of anilines is 1. The summed E-state index contributed by atoms with van der Waals surface area (Å²) in [5.74, 6) is 0. The lowest BCUT2D eigenvalue weighted by atomic mass is 10.3. The number of alkyl halides is 4. The highest BCUT2D eigenvalue weighted by atomic mass is 19.3. The van der Waals surface area contributed by atoms with Crippen LogP contribution in [0.15, 0.2) is 42.7 Å². The van der Waals surface area contributed by atoms with E-state index in [1.54, 1.807) is 0 Å². The van der Waals surface area contributed by atoms with Gasteiger partial charge in [-0.3, -0.25) is 0 Å². The van der Waals surface area contributed by atoms with Crippen molar-refractivity contribution in [1.29, 1.82) is 0 Å². The second kappa shape index (κ2) is 6.88. The third-order valence-corrected chi connectivity index (χ3v) is 2.15. The van der Waals surface area contributed by atoms with Gasteiger partial charge in [-0.05, 0) is 12.1 Å². The van der Waals surface area contributed by atoms with E-state index < -0.39 is 12.9 Å². The van der Waals surface area contributed by atoms with Crippen molar-refractivity contribution in [2.45, 2.75) is 12.9 Å². The molecule has 6 heteroatoms. The zero-order valence-corrected chi connectivity index (χ0v) is 9.81. The number of nitrogens with zero attached hydrogens (tertiary/aromatic N) is 2. The van der Waals surface area contributed by atoms with Gasteiger partial charge in [0.2, 0.25) is 0 Å². The van der Waals surface area contributed by atoms with Crippen LogP contribution in [0.1, 0.15) is 0 Å². The van der Waals surface area contributed by atoms with E-state index in [-0.39, 0.29) is 0 Å². The summed E-state index contributed by atoms with van der Waals surface area (Å²) in [5, 5.41) is 0. The van der Waals surface area contributed by atoms with Crippen LogP contribution in [0, 0.1) is 0 Å². The molecular weight excluding hydrogens is 248 g/mol. The first-order chi connectivity index (χ1) is 8.50. The van der Waals surface area contributed by atoms with Gasteiger partial charge in [-0.2, -0.15) is 0 Å². The average Bonchev–Trinajstić information content (AvgIpc) is 2.78. The van der Waals surface area contributed by atoms with Gasteiger partial charge in [0.1, 0.15) is 0 Å². The topological polar surface area (TPSA) is 6.48 Å². The molecule has 0 spiro atoms. The summed E-state index contributed by atoms with van der Waals surface area (Å²) in [5.41, 5.74) is 1.25. The predicted molar refractivity (Wildman–Crippen MR) is 62.7 cm³/mol. The fourth-order valence-electron chi connectivity index (χ4n) is 1.32. The highest BCUT2D eigenvalue weighted by molar-refractivity contribution is 5.49. The van der Waals surface area contributed by atoms with Crippen LogP contribution in [-0.4, -0.2) is 31.5 Å². The molecule has 0 unspecified atom stereocenters. The summed E-state index contributed by atoms with van der Waals surface area (Å²) < 4.78 is 41.6. The molecule has 0 radical (unpaired) electrons. The van der Waals surface area contributed by atoms with E-state index in [1.807, 2.05) is 6.07 Å². The van der Waals surface area contributed by atoms with Gasteiger partial charge in [-0.1, -0.05) is 18.2 Å². The van der Waals surface area contributed by atoms with E-state index in [4.69, 9.17) is 0 Å². The summed E-state index contributed by atoms with van der Waals surface area (Å²) in [6.45, 7) is 0.948. The van der Waals surface area contributed by atoms with Gasteiger partial charge in [-0.15, -0.1) is 0 Å². The minimum absolute atomic E-state index is 0.948. The second-order valence-corrected chi connectivity index (χ2v) is 3.67. The van der Waals surface area contributed by atoms with Gasteiger partial charge in [-0.25, -0.2) is 17.6 Å². The Balaban J connectivity index is 0.000000232. The monoisotopic (exact) mass is 262 g/mol. The first-order valence-electron chi connectivity index (χ1n) is 5.27. The first kappa shape index (κ1) is 14.3. The van der Waals surface area contributed by atoms with Gasteiger partial charge in [0.05, 0.1) is 6.67 Å². The Labute approximate surface area is 103 Å². The molecule has 1 aromatic rings. The lowest BCUT2D eigenvalue weighted by molar-refractivity contribution is -0.0278. The van der Waals surface area contributed by atoms with Crippen LogP contribution in [0.3, 0.4) is 0 Å². The molecule has 1 aliphatic heterocycles. The van der Waals surface area contributed by atoms with Crippen molar-refractivity contribution in [2.75, 3.05) is 18.6 Å². The van der Waals surface area contributed by atoms with E-state index in [0.29, 0.717) is 0 Å². The number of halogens is 4. The third kappa shape index (κ3) is 4.65. The normalized spacial score (nSPS) is 14.2. The van der Waals surface area contributed by atoms with Crippen LogP contribution in [0.2, 0.25) is 0 Å². The zero-order valence-electron chi connectivity index (χ0n) is 9.81. The summed E-state index contributed by atoms with van der Waals surface area (Å²) in [6.07, 6.45) is -2.79. The molecule has 1 aliphatic rings. The van der Waals surface area contributed by atoms with Crippen molar-refractivity contribution in [3.8, 4) is 0 Å². The molecule has 0 bridgehead atoms. The lowest BCUT2D eigenvalue weighted by Crippen LogP contribution is -2.21. The average molecular weight is 262 g/mol. The summed E-state index contributed by atoms with van der Waals surface area (Å²) in [6, 6.07) is 10.4. The molecule has 0 saturated carbocycles. The number of para-hydroxylation sites is 1. The van der Waals surface area contributed by atoms with Gasteiger partial charge < -0.3 is 9.80 Å². The van der Waals surface area contributed by atoms with Crippen molar-refractivity contribution in [3.63, 3.8) is 0 Å². The molecule has 2 nitrogen and oxygen atoms in total. The van der Waals surface area contributed by atoms with E-state index in [0.717, 1.165) is 6.67 Å². The van der Waals surface area contributed by atoms with Gasteiger partial charge in [0, 0.05) is 25.1 Å². The molecule has 100 valence electrons. The predicted octanol–water partition coefficient (Wildman–Crippen LogP) is 3.38. The minimum atomic E-state index is -3.48. The zero-order chi connectivity index (χ0) is 13.5. The largest absolute Gasteiger partial charge is 0.361 e. The third-order valence-electron chi connectivity index (χ3n) is 2.15. The van der Waals surface area contributed by atoms with Crippen LogP contribution >= 0.6 is 0 Å². The van der Waals surface area contributed by atoms with Crippen molar-refractivity contribution >= 4 is 5.69 Å². The van der Waals surface area contributed by atoms with E-state index in [1.165, 1.54) is 5.69 Å². The number of rotatable bonds is 2.